The van der Waals surface area contributed by atoms with Gasteiger partial charge in [-0.15, -0.1) is 0 Å². The highest BCUT2D eigenvalue weighted by Crippen LogP contribution is 2.78. The molecule has 5 atom stereocenters. The predicted octanol–water partition coefficient (Wildman–Crippen LogP) is 2.22. The Kier molecular flexibility index (Phi) is 4.39. The molecule has 1 aromatic carbocycles. The molecule has 9 nitrogen and oxygen atoms in total. The molecule has 0 radical (unpaired) electrons. The third-order valence-electron chi connectivity index (χ3n) is 9.83. The van der Waals surface area contributed by atoms with Crippen LogP contribution in [0.1, 0.15) is 44.1 Å². The second-order valence-electron chi connectivity index (χ2n) is 10.5. The molecule has 2 saturated heterocycles. The molecule has 1 amide bonds. The first-order valence-electron chi connectivity index (χ1n) is 12.0. The fraction of sp³-hybridized carbons (Fsp3) is 0.680. The molecule has 2 bridgehead atoms. The van der Waals surface area contributed by atoms with Crippen LogP contribution in [-0.2, 0) is 19.7 Å². The molecule has 3 saturated carbocycles. The van der Waals surface area contributed by atoms with Crippen LogP contribution in [0.15, 0.2) is 12.1 Å². The van der Waals surface area contributed by atoms with E-state index in [-0.39, 0.29) is 17.9 Å². The Morgan fingerprint density at radius 2 is 1.79 bits per heavy atom. The minimum Gasteiger partial charge on any atom is -0.493 e. The zero-order chi connectivity index (χ0) is 24.1. The van der Waals surface area contributed by atoms with Crippen molar-refractivity contribution in [3.8, 4) is 11.5 Å². The first-order chi connectivity index (χ1) is 16.3. The maximum Gasteiger partial charge on any atom is 0.414 e. The number of rotatable bonds is 3. The second-order valence-corrected chi connectivity index (χ2v) is 10.5. The number of hydrogen-bond acceptors (Lipinski definition) is 8. The molecule has 9 heteroatoms. The minimum atomic E-state index is -1.89. The van der Waals surface area contributed by atoms with Crippen molar-refractivity contribution in [2.45, 2.75) is 61.1 Å². The van der Waals surface area contributed by atoms with Crippen molar-refractivity contribution >= 4 is 17.7 Å². The smallest absolute Gasteiger partial charge is 0.414 e. The molecule has 3 heterocycles. The number of carbonyl (C=O) groups excluding carboxylic acids is 2. The van der Waals surface area contributed by atoms with Crippen molar-refractivity contribution in [3.05, 3.63) is 17.7 Å². The monoisotopic (exact) mass is 472 g/mol. The van der Waals surface area contributed by atoms with E-state index in [9.17, 15) is 14.7 Å². The molecule has 184 valence electrons. The predicted molar refractivity (Wildman–Crippen MR) is 121 cm³/mol. The Balaban J connectivity index is 1.76. The van der Waals surface area contributed by atoms with Crippen LogP contribution in [0.25, 0.3) is 0 Å². The van der Waals surface area contributed by atoms with Crippen molar-refractivity contribution in [3.63, 3.8) is 0 Å². The standard InChI is InChI=1S/C25H32N2O7/c1-31-16-7-6-15-17(18(16)32-2)27(21(29)34-4)25-10-9-22(14-24(25,30)20(28)33-3)8-5-12-26-13-11-23(15,25)19(22)26/h6-7,19,30H,5,8-14H2,1-4H3/t19-,22+,23+,24+,25-/m0/s1. The van der Waals surface area contributed by atoms with Gasteiger partial charge in [0, 0.05) is 11.5 Å². The molecule has 3 aliphatic carbocycles. The van der Waals surface area contributed by atoms with E-state index in [1.165, 1.54) is 26.2 Å². The molecule has 3 spiro atoms. The van der Waals surface area contributed by atoms with Crippen LogP contribution in [0.2, 0.25) is 0 Å². The number of aliphatic hydroxyl groups is 1. The number of methoxy groups -OCH3 is 4. The van der Waals surface area contributed by atoms with Gasteiger partial charge in [0.1, 0.15) is 5.54 Å². The molecule has 5 fully saturated rings. The third kappa shape index (κ3) is 2.03. The van der Waals surface area contributed by atoms with Gasteiger partial charge in [0.25, 0.3) is 0 Å². The Bertz CT molecular complexity index is 1090. The summed E-state index contributed by atoms with van der Waals surface area (Å²) in [7, 11) is 5.72. The third-order valence-corrected chi connectivity index (χ3v) is 9.83. The number of piperidine rings is 1. The number of esters is 1. The zero-order valence-corrected chi connectivity index (χ0v) is 20.2. The molecule has 7 rings (SSSR count). The van der Waals surface area contributed by atoms with Gasteiger partial charge in [-0.1, -0.05) is 6.07 Å². The molecule has 1 aromatic rings. The normalized spacial score (nSPS) is 39.2. The van der Waals surface area contributed by atoms with Gasteiger partial charge in [-0.2, -0.15) is 0 Å². The Labute approximate surface area is 198 Å². The summed E-state index contributed by atoms with van der Waals surface area (Å²) in [6, 6.07) is 3.95. The molecule has 34 heavy (non-hydrogen) atoms. The van der Waals surface area contributed by atoms with Crippen LogP contribution in [0.5, 0.6) is 11.5 Å². The van der Waals surface area contributed by atoms with Gasteiger partial charge >= 0.3 is 12.1 Å². The average molecular weight is 473 g/mol. The quantitative estimate of drug-likeness (QED) is 0.669. The van der Waals surface area contributed by atoms with Gasteiger partial charge in [-0.3, -0.25) is 9.80 Å². The summed E-state index contributed by atoms with van der Waals surface area (Å²) < 4.78 is 22.0. The molecule has 6 aliphatic rings. The van der Waals surface area contributed by atoms with Gasteiger partial charge in [0.2, 0.25) is 0 Å². The number of carbonyl (C=O) groups is 2. The molecule has 0 unspecified atom stereocenters. The number of ether oxygens (including phenoxy) is 4. The van der Waals surface area contributed by atoms with Crippen LogP contribution in [0.4, 0.5) is 10.5 Å². The van der Waals surface area contributed by atoms with Crippen LogP contribution < -0.4 is 14.4 Å². The van der Waals surface area contributed by atoms with E-state index in [4.69, 9.17) is 18.9 Å². The van der Waals surface area contributed by atoms with Gasteiger partial charge in [-0.05, 0) is 68.7 Å². The Hall–Kier alpha value is -2.52. The lowest BCUT2D eigenvalue weighted by Crippen LogP contribution is -2.86. The number of fused-ring (bicyclic) bond motifs is 3. The summed E-state index contributed by atoms with van der Waals surface area (Å²) in [5, 5.41) is 12.5. The van der Waals surface area contributed by atoms with Gasteiger partial charge in [-0.25, -0.2) is 9.59 Å². The second kappa shape index (κ2) is 6.79. The topological polar surface area (TPSA) is 97.8 Å². The van der Waals surface area contributed by atoms with E-state index < -0.39 is 28.6 Å². The highest BCUT2D eigenvalue weighted by Gasteiger charge is 2.87. The highest BCUT2D eigenvalue weighted by molar-refractivity contribution is 6.01. The van der Waals surface area contributed by atoms with E-state index >= 15 is 0 Å². The van der Waals surface area contributed by atoms with Crippen LogP contribution in [0.3, 0.4) is 0 Å². The van der Waals surface area contributed by atoms with E-state index in [0.29, 0.717) is 30.0 Å². The lowest BCUT2D eigenvalue weighted by atomic mass is 9.37. The maximum absolute atomic E-state index is 13.6. The molecule has 0 aromatic heterocycles. The SMILES string of the molecule is COC(=O)N1c2c(ccc(OC)c2OC)[C@@]23CCN4CCC[C@]5(CC[C@]12[C@](O)(C(=O)OC)C5)[C@H]43. The summed E-state index contributed by atoms with van der Waals surface area (Å²) in [6.07, 6.45) is 3.60. The van der Waals surface area contributed by atoms with Gasteiger partial charge in [0.05, 0.1) is 34.1 Å². The van der Waals surface area contributed by atoms with Crippen molar-refractivity contribution in [2.75, 3.05) is 46.4 Å². The van der Waals surface area contributed by atoms with E-state index in [0.717, 1.165) is 37.9 Å². The van der Waals surface area contributed by atoms with E-state index in [1.54, 1.807) is 7.11 Å². The number of anilines is 1. The van der Waals surface area contributed by atoms with Crippen LogP contribution in [0, 0.1) is 5.41 Å². The number of nitrogens with zero attached hydrogens (tertiary/aromatic N) is 2. The summed E-state index contributed by atoms with van der Waals surface area (Å²) in [5.41, 5.74) is -2.63. The van der Waals surface area contributed by atoms with Gasteiger partial charge in [0.15, 0.2) is 17.1 Å². The first-order valence-corrected chi connectivity index (χ1v) is 12.0. The number of hydrogen-bond donors (Lipinski definition) is 1. The zero-order valence-electron chi connectivity index (χ0n) is 20.2. The van der Waals surface area contributed by atoms with Gasteiger partial charge < -0.3 is 24.1 Å². The lowest BCUT2D eigenvalue weighted by Gasteiger charge is -2.71. The number of benzene rings is 1. The maximum atomic E-state index is 13.6. The fourth-order valence-electron chi connectivity index (χ4n) is 9.10. The average Bonchev–Trinajstić information content (AvgIpc) is 3.38. The van der Waals surface area contributed by atoms with Crippen LogP contribution >= 0.6 is 0 Å². The lowest BCUT2D eigenvalue weighted by molar-refractivity contribution is -0.227. The first kappa shape index (κ1) is 22.0. The minimum absolute atomic E-state index is 0.0962. The number of amides is 1. The summed E-state index contributed by atoms with van der Waals surface area (Å²) >= 11 is 0. The van der Waals surface area contributed by atoms with Crippen molar-refractivity contribution in [1.82, 2.24) is 4.90 Å². The largest absolute Gasteiger partial charge is 0.493 e. The van der Waals surface area contributed by atoms with Crippen molar-refractivity contribution in [2.24, 2.45) is 5.41 Å². The van der Waals surface area contributed by atoms with Crippen molar-refractivity contribution < 1.29 is 33.6 Å². The molecular weight excluding hydrogens is 440 g/mol. The Morgan fingerprint density at radius 1 is 1.00 bits per heavy atom. The van der Waals surface area contributed by atoms with Crippen LogP contribution in [-0.4, -0.2) is 80.8 Å². The molecule has 1 N–H and O–H groups in total. The Morgan fingerprint density at radius 3 is 2.47 bits per heavy atom. The molecular formula is C25H32N2O7. The fourth-order valence-corrected chi connectivity index (χ4v) is 9.10. The van der Waals surface area contributed by atoms with E-state index in [1.807, 2.05) is 12.1 Å². The summed E-state index contributed by atoms with van der Waals surface area (Å²) in [4.78, 5) is 31.2. The van der Waals surface area contributed by atoms with E-state index in [2.05, 4.69) is 4.90 Å². The highest BCUT2D eigenvalue weighted by atomic mass is 16.6. The van der Waals surface area contributed by atoms with Crippen molar-refractivity contribution in [1.29, 1.82) is 0 Å². The summed E-state index contributed by atoms with van der Waals surface area (Å²) in [6.45, 7) is 1.82. The summed E-state index contributed by atoms with van der Waals surface area (Å²) in [5.74, 6) is 0.189. The molecule has 3 aliphatic heterocycles.